The van der Waals surface area contributed by atoms with Crippen LogP contribution in [0, 0.1) is 0 Å². The minimum Gasteiger partial charge on any atom is -0.347 e. The van der Waals surface area contributed by atoms with E-state index >= 15 is 0 Å². The second kappa shape index (κ2) is 4.94. The average Bonchev–Trinajstić information content (AvgIpc) is 2.84. The molecule has 18 heavy (non-hydrogen) atoms. The summed E-state index contributed by atoms with van der Waals surface area (Å²) < 4.78 is 0. The number of imidazole rings is 1. The lowest BCUT2D eigenvalue weighted by Crippen LogP contribution is -2.19. The second-order valence-corrected chi connectivity index (χ2v) is 4.99. The number of hydrogen-bond donors (Lipinski definition) is 2. The maximum absolute atomic E-state index is 4.33. The molecule has 1 saturated carbocycles. The van der Waals surface area contributed by atoms with Crippen molar-refractivity contribution in [1.82, 2.24) is 15.3 Å². The van der Waals surface area contributed by atoms with Crippen LogP contribution in [-0.2, 0) is 0 Å². The smallest absolute Gasteiger partial charge is 0.127 e. The maximum Gasteiger partial charge on any atom is 0.127 e. The monoisotopic (exact) mass is 241 g/mol. The zero-order valence-electron chi connectivity index (χ0n) is 10.7. The molecule has 0 bridgehead atoms. The number of aromatic amines is 1. The molecule has 2 aromatic rings. The van der Waals surface area contributed by atoms with Gasteiger partial charge in [0.05, 0.1) is 6.04 Å². The van der Waals surface area contributed by atoms with Crippen LogP contribution < -0.4 is 5.32 Å². The van der Waals surface area contributed by atoms with Crippen molar-refractivity contribution < 1.29 is 0 Å². The normalized spacial score (nSPS) is 17.4. The molecule has 1 aromatic carbocycles. The van der Waals surface area contributed by atoms with E-state index < -0.39 is 0 Å². The quantitative estimate of drug-likeness (QED) is 0.864. The molecule has 1 atom stereocenters. The third-order valence-corrected chi connectivity index (χ3v) is 3.93. The summed E-state index contributed by atoms with van der Waals surface area (Å²) in [4.78, 5) is 7.50. The molecule has 1 fully saturated rings. The summed E-state index contributed by atoms with van der Waals surface area (Å²) in [5, 5.41) is 3.30. The maximum atomic E-state index is 4.33. The Morgan fingerprint density at radius 1 is 1.28 bits per heavy atom. The van der Waals surface area contributed by atoms with Crippen LogP contribution in [0.1, 0.15) is 48.2 Å². The molecule has 94 valence electrons. The van der Waals surface area contributed by atoms with Crippen LogP contribution in [0.5, 0.6) is 0 Å². The number of nitrogens with zero attached hydrogens (tertiary/aromatic N) is 1. The van der Waals surface area contributed by atoms with Gasteiger partial charge in [-0.05, 0) is 36.9 Å². The fourth-order valence-corrected chi connectivity index (χ4v) is 2.60. The molecule has 3 nitrogen and oxygen atoms in total. The van der Waals surface area contributed by atoms with Crippen molar-refractivity contribution in [2.75, 3.05) is 7.05 Å². The molecule has 3 rings (SSSR count). The van der Waals surface area contributed by atoms with Crippen molar-refractivity contribution in [1.29, 1.82) is 0 Å². The molecule has 0 spiro atoms. The Morgan fingerprint density at radius 2 is 2.06 bits per heavy atom. The highest BCUT2D eigenvalue weighted by Crippen LogP contribution is 2.36. The zero-order valence-corrected chi connectivity index (χ0v) is 10.7. The van der Waals surface area contributed by atoms with Crippen LogP contribution in [0.2, 0.25) is 0 Å². The molecule has 1 aliphatic carbocycles. The van der Waals surface area contributed by atoms with E-state index in [1.165, 1.54) is 30.4 Å². The van der Waals surface area contributed by atoms with Crippen LogP contribution >= 0.6 is 0 Å². The van der Waals surface area contributed by atoms with Crippen molar-refractivity contribution in [3.05, 3.63) is 53.6 Å². The van der Waals surface area contributed by atoms with E-state index in [9.17, 15) is 0 Å². The third-order valence-electron chi connectivity index (χ3n) is 3.93. The van der Waals surface area contributed by atoms with Gasteiger partial charge in [-0.1, -0.05) is 30.7 Å². The molecule has 1 aromatic heterocycles. The van der Waals surface area contributed by atoms with Crippen LogP contribution in [-0.4, -0.2) is 17.0 Å². The molecule has 0 radical (unpaired) electrons. The minimum atomic E-state index is 0.149. The molecule has 2 N–H and O–H groups in total. The predicted molar refractivity (Wildman–Crippen MR) is 72.5 cm³/mol. The highest BCUT2D eigenvalue weighted by Gasteiger charge is 2.20. The Hall–Kier alpha value is -1.61. The molecule has 0 saturated heterocycles. The summed E-state index contributed by atoms with van der Waals surface area (Å²) in [6, 6.07) is 9.13. The lowest BCUT2D eigenvalue weighted by molar-refractivity contribution is 0.419. The number of nitrogens with one attached hydrogen (secondary N) is 2. The van der Waals surface area contributed by atoms with Gasteiger partial charge in [0.2, 0.25) is 0 Å². The van der Waals surface area contributed by atoms with E-state index in [4.69, 9.17) is 0 Å². The lowest BCUT2D eigenvalue weighted by atomic mass is 9.80. The van der Waals surface area contributed by atoms with Crippen LogP contribution in [0.25, 0.3) is 0 Å². The van der Waals surface area contributed by atoms with E-state index in [1.54, 1.807) is 6.20 Å². The van der Waals surface area contributed by atoms with Gasteiger partial charge in [0.1, 0.15) is 5.82 Å². The topological polar surface area (TPSA) is 40.7 Å². The first-order valence-corrected chi connectivity index (χ1v) is 6.65. The first-order chi connectivity index (χ1) is 8.88. The predicted octanol–water partition coefficient (Wildman–Crippen LogP) is 2.99. The van der Waals surface area contributed by atoms with Crippen molar-refractivity contribution in [3.63, 3.8) is 0 Å². The van der Waals surface area contributed by atoms with Gasteiger partial charge in [0.25, 0.3) is 0 Å². The van der Waals surface area contributed by atoms with Gasteiger partial charge in [-0.25, -0.2) is 4.98 Å². The Labute approximate surface area is 108 Å². The average molecular weight is 241 g/mol. The van der Waals surface area contributed by atoms with Gasteiger partial charge >= 0.3 is 0 Å². The first-order valence-electron chi connectivity index (χ1n) is 6.65. The summed E-state index contributed by atoms with van der Waals surface area (Å²) in [5.41, 5.74) is 2.75. The van der Waals surface area contributed by atoms with Crippen molar-refractivity contribution in [3.8, 4) is 0 Å². The van der Waals surface area contributed by atoms with Gasteiger partial charge in [0.15, 0.2) is 0 Å². The molecular weight excluding hydrogens is 222 g/mol. The number of aromatic nitrogens is 2. The van der Waals surface area contributed by atoms with Crippen molar-refractivity contribution in [2.24, 2.45) is 0 Å². The molecular formula is C15H19N3. The van der Waals surface area contributed by atoms with Crippen LogP contribution in [0.4, 0.5) is 0 Å². The largest absolute Gasteiger partial charge is 0.347 e. The zero-order chi connectivity index (χ0) is 12.4. The Morgan fingerprint density at radius 3 is 2.56 bits per heavy atom. The second-order valence-electron chi connectivity index (χ2n) is 4.99. The van der Waals surface area contributed by atoms with E-state index in [0.717, 1.165) is 11.7 Å². The first kappa shape index (κ1) is 11.5. The molecule has 1 unspecified atom stereocenters. The Bertz CT molecular complexity index is 483. The van der Waals surface area contributed by atoms with Crippen LogP contribution in [0.15, 0.2) is 36.7 Å². The number of H-pyrrole nitrogens is 1. The molecule has 0 aliphatic heterocycles. The van der Waals surface area contributed by atoms with Crippen molar-refractivity contribution in [2.45, 2.75) is 31.2 Å². The third kappa shape index (κ3) is 2.06. The summed E-state index contributed by atoms with van der Waals surface area (Å²) in [6.07, 6.45) is 7.75. The molecule has 3 heteroatoms. The highest BCUT2D eigenvalue weighted by atomic mass is 15.0. The van der Waals surface area contributed by atoms with Gasteiger partial charge in [0, 0.05) is 12.4 Å². The van der Waals surface area contributed by atoms with E-state index in [2.05, 4.69) is 39.6 Å². The summed E-state index contributed by atoms with van der Waals surface area (Å²) in [7, 11) is 1.97. The summed E-state index contributed by atoms with van der Waals surface area (Å²) >= 11 is 0. The van der Waals surface area contributed by atoms with E-state index in [0.29, 0.717) is 0 Å². The Balaban J connectivity index is 1.82. The fourth-order valence-electron chi connectivity index (χ4n) is 2.60. The minimum absolute atomic E-state index is 0.149. The van der Waals surface area contributed by atoms with Gasteiger partial charge in [-0.2, -0.15) is 0 Å². The number of benzene rings is 1. The SMILES string of the molecule is CNC(c1ccc(C2CCC2)cc1)c1ncc[nH]1. The summed E-state index contributed by atoms with van der Waals surface area (Å²) in [5.74, 6) is 1.77. The number of rotatable bonds is 4. The van der Waals surface area contributed by atoms with E-state index in [-0.39, 0.29) is 6.04 Å². The fraction of sp³-hybridized carbons (Fsp3) is 0.400. The highest BCUT2D eigenvalue weighted by molar-refractivity contribution is 5.31. The van der Waals surface area contributed by atoms with Crippen molar-refractivity contribution >= 4 is 0 Å². The van der Waals surface area contributed by atoms with E-state index in [1.807, 2.05) is 13.2 Å². The Kier molecular flexibility index (Phi) is 3.15. The molecule has 1 aliphatic rings. The van der Waals surface area contributed by atoms with Gasteiger partial charge in [-0.3, -0.25) is 0 Å². The standard InChI is InChI=1S/C15H19N3/c1-16-14(15-17-9-10-18-15)13-7-5-12(6-8-13)11-3-2-4-11/h5-11,14,16H,2-4H2,1H3,(H,17,18). The summed E-state index contributed by atoms with van der Waals surface area (Å²) in [6.45, 7) is 0. The molecule has 1 heterocycles. The van der Waals surface area contributed by atoms with Crippen LogP contribution in [0.3, 0.4) is 0 Å². The number of hydrogen-bond acceptors (Lipinski definition) is 2. The van der Waals surface area contributed by atoms with Gasteiger partial charge < -0.3 is 10.3 Å². The molecule has 0 amide bonds. The van der Waals surface area contributed by atoms with Gasteiger partial charge in [-0.15, -0.1) is 0 Å². The lowest BCUT2D eigenvalue weighted by Gasteiger charge is -2.26.